The van der Waals surface area contributed by atoms with Crippen LogP contribution in [0.4, 0.5) is 22.7 Å². The number of carbonyl (C=O) groups is 2. The lowest BCUT2D eigenvalue weighted by Crippen LogP contribution is -2.41. The van der Waals surface area contributed by atoms with Crippen LogP contribution in [0.3, 0.4) is 0 Å². The third-order valence-electron chi connectivity index (χ3n) is 6.29. The molecule has 0 spiro atoms. The molecule has 3 aromatic carbocycles. The molecule has 192 valence electrons. The first-order chi connectivity index (χ1) is 17.7. The monoisotopic (exact) mass is 504 g/mol. The number of aliphatic hydroxyl groups excluding tert-OH is 1. The first kappa shape index (κ1) is 25.6. The van der Waals surface area contributed by atoms with Gasteiger partial charge in [0, 0.05) is 6.07 Å². The Balaban J connectivity index is 1.59. The largest absolute Gasteiger partial charge is 0.490 e. The molecule has 37 heavy (non-hydrogen) atoms. The first-order valence-electron chi connectivity index (χ1n) is 11.8. The summed E-state index contributed by atoms with van der Waals surface area (Å²) < 4.78 is 5.18. The van der Waals surface area contributed by atoms with E-state index in [9.17, 15) is 24.8 Å². The number of carbonyl (C=O) groups excluding carboxylic acids is 2. The van der Waals surface area contributed by atoms with Gasteiger partial charge in [-0.25, -0.2) is 0 Å². The van der Waals surface area contributed by atoms with E-state index >= 15 is 0 Å². The second-order valence-electron chi connectivity index (χ2n) is 9.14. The molecule has 1 aliphatic rings. The van der Waals surface area contributed by atoms with Gasteiger partial charge in [-0.2, -0.15) is 0 Å². The number of benzene rings is 3. The number of fused-ring (bicyclic) bond motifs is 2. The minimum atomic E-state index is -0.504. The van der Waals surface area contributed by atoms with Gasteiger partial charge in [0.2, 0.25) is 5.91 Å². The predicted octanol–water partition coefficient (Wildman–Crippen LogP) is 4.26. The number of anilines is 3. The van der Waals surface area contributed by atoms with Gasteiger partial charge >= 0.3 is 5.69 Å². The number of amides is 2. The standard InChI is InChI=1S/C27H28N4O6/c1-15(2)23(14-32)29-26(33)11-16-4-8-20-22(10-16)30-27(34)19-7-5-17(12-21(19)28-20)18-6-9-24(31(35)36)25(13-18)37-3/h4-10,12-13,15,23,28,32H,11,14H2,1-3H3,(H,29,33)(H,30,34)/t23-/m0/s1. The van der Waals surface area contributed by atoms with E-state index in [0.29, 0.717) is 33.8 Å². The van der Waals surface area contributed by atoms with Crippen LogP contribution in [0.15, 0.2) is 54.6 Å². The highest BCUT2D eigenvalue weighted by molar-refractivity contribution is 6.12. The number of nitro benzene ring substituents is 1. The van der Waals surface area contributed by atoms with Gasteiger partial charge in [0.1, 0.15) is 0 Å². The summed E-state index contributed by atoms with van der Waals surface area (Å²) in [5, 5.41) is 29.7. The van der Waals surface area contributed by atoms with Crippen LogP contribution in [-0.2, 0) is 11.2 Å². The maximum absolute atomic E-state index is 13.0. The van der Waals surface area contributed by atoms with Gasteiger partial charge in [0.15, 0.2) is 5.75 Å². The van der Waals surface area contributed by atoms with Gasteiger partial charge in [0.25, 0.3) is 5.91 Å². The van der Waals surface area contributed by atoms with Gasteiger partial charge in [0.05, 0.1) is 53.7 Å². The predicted molar refractivity (Wildman–Crippen MR) is 140 cm³/mol. The quantitative estimate of drug-likeness (QED) is 0.265. The van der Waals surface area contributed by atoms with E-state index in [4.69, 9.17) is 4.74 Å². The number of hydrogen-bond acceptors (Lipinski definition) is 7. The van der Waals surface area contributed by atoms with Crippen molar-refractivity contribution < 1.29 is 24.4 Å². The second-order valence-corrected chi connectivity index (χ2v) is 9.14. The molecular weight excluding hydrogens is 476 g/mol. The third-order valence-corrected chi connectivity index (χ3v) is 6.29. The van der Waals surface area contributed by atoms with Gasteiger partial charge < -0.3 is 25.8 Å². The number of ether oxygens (including phenoxy) is 1. The molecule has 4 rings (SSSR count). The molecular formula is C27H28N4O6. The molecule has 1 atom stereocenters. The Labute approximate surface area is 213 Å². The normalized spacial score (nSPS) is 12.9. The van der Waals surface area contributed by atoms with Gasteiger partial charge in [-0.1, -0.05) is 26.0 Å². The van der Waals surface area contributed by atoms with Crippen molar-refractivity contribution >= 4 is 34.6 Å². The summed E-state index contributed by atoms with van der Waals surface area (Å²) in [6.07, 6.45) is 0.103. The summed E-state index contributed by atoms with van der Waals surface area (Å²) in [6.45, 7) is 3.71. The Bertz CT molecular complexity index is 1370. The molecule has 1 heterocycles. The zero-order chi connectivity index (χ0) is 26.7. The average molecular weight is 505 g/mol. The molecule has 0 unspecified atom stereocenters. The van der Waals surface area contributed by atoms with E-state index in [0.717, 1.165) is 5.56 Å². The highest BCUT2D eigenvalue weighted by atomic mass is 16.6. The van der Waals surface area contributed by atoms with E-state index in [1.54, 1.807) is 48.5 Å². The Kier molecular flexibility index (Phi) is 7.40. The van der Waals surface area contributed by atoms with Crippen LogP contribution >= 0.6 is 0 Å². The van der Waals surface area contributed by atoms with E-state index in [-0.39, 0.29) is 48.2 Å². The number of rotatable bonds is 8. The average Bonchev–Trinajstić information content (AvgIpc) is 3.01. The van der Waals surface area contributed by atoms with Gasteiger partial charge in [-0.15, -0.1) is 0 Å². The smallest absolute Gasteiger partial charge is 0.310 e. The lowest BCUT2D eigenvalue weighted by Gasteiger charge is -2.20. The summed E-state index contributed by atoms with van der Waals surface area (Å²) in [6, 6.07) is 14.9. The van der Waals surface area contributed by atoms with Crippen LogP contribution in [0.5, 0.6) is 5.75 Å². The maximum atomic E-state index is 13.0. The molecule has 0 saturated carbocycles. The summed E-state index contributed by atoms with van der Waals surface area (Å²) >= 11 is 0. The van der Waals surface area contributed by atoms with E-state index in [2.05, 4.69) is 16.0 Å². The zero-order valence-electron chi connectivity index (χ0n) is 20.7. The van der Waals surface area contributed by atoms with Crippen LogP contribution in [0.2, 0.25) is 0 Å². The van der Waals surface area contributed by atoms with Crippen LogP contribution in [-0.4, -0.2) is 41.6 Å². The maximum Gasteiger partial charge on any atom is 0.310 e. The van der Waals surface area contributed by atoms with Gasteiger partial charge in [-0.05, 0) is 59.0 Å². The fourth-order valence-electron chi connectivity index (χ4n) is 4.15. The molecule has 0 saturated heterocycles. The summed E-state index contributed by atoms with van der Waals surface area (Å²) in [4.78, 5) is 36.2. The van der Waals surface area contributed by atoms with Crippen molar-refractivity contribution in [1.82, 2.24) is 5.32 Å². The Morgan fingerprint density at radius 3 is 2.43 bits per heavy atom. The Morgan fingerprint density at radius 1 is 1.03 bits per heavy atom. The zero-order valence-corrected chi connectivity index (χ0v) is 20.7. The lowest BCUT2D eigenvalue weighted by atomic mass is 10.0. The molecule has 0 radical (unpaired) electrons. The van der Waals surface area contributed by atoms with Crippen LogP contribution in [0.25, 0.3) is 11.1 Å². The fourth-order valence-corrected chi connectivity index (χ4v) is 4.15. The van der Waals surface area contributed by atoms with Crippen LogP contribution in [0.1, 0.15) is 29.8 Å². The summed E-state index contributed by atoms with van der Waals surface area (Å²) in [5.74, 6) is -0.286. The highest BCUT2D eigenvalue weighted by Gasteiger charge is 2.22. The van der Waals surface area contributed by atoms with Crippen LogP contribution in [0, 0.1) is 16.0 Å². The van der Waals surface area contributed by atoms with Crippen molar-refractivity contribution in [2.24, 2.45) is 5.92 Å². The number of nitro groups is 1. The first-order valence-corrected chi connectivity index (χ1v) is 11.8. The molecule has 0 bridgehead atoms. The van der Waals surface area contributed by atoms with E-state index in [1.165, 1.54) is 13.2 Å². The molecule has 2 amide bonds. The SMILES string of the molecule is COc1cc(-c2ccc3c(c2)Nc2ccc(CC(=O)N[C@@H](CO)C(C)C)cc2NC3=O)ccc1[N+](=O)[O-]. The second kappa shape index (κ2) is 10.7. The number of hydrogen-bond donors (Lipinski definition) is 4. The molecule has 4 N–H and O–H groups in total. The summed E-state index contributed by atoms with van der Waals surface area (Å²) in [5.41, 5.74) is 4.21. The number of aliphatic hydroxyl groups is 1. The molecule has 1 aliphatic heterocycles. The Hall–Kier alpha value is -4.44. The van der Waals surface area contributed by atoms with E-state index < -0.39 is 4.92 Å². The van der Waals surface area contributed by atoms with Crippen molar-refractivity contribution in [1.29, 1.82) is 0 Å². The third kappa shape index (κ3) is 5.54. The minimum absolute atomic E-state index is 0.0972. The number of nitrogens with zero attached hydrogens (tertiary/aromatic N) is 1. The highest BCUT2D eigenvalue weighted by Crippen LogP contribution is 2.37. The topological polar surface area (TPSA) is 143 Å². The minimum Gasteiger partial charge on any atom is -0.490 e. The summed E-state index contributed by atoms with van der Waals surface area (Å²) in [7, 11) is 1.37. The van der Waals surface area contributed by atoms with Crippen molar-refractivity contribution in [3.8, 4) is 16.9 Å². The molecule has 3 aromatic rings. The lowest BCUT2D eigenvalue weighted by molar-refractivity contribution is -0.385. The van der Waals surface area contributed by atoms with Crippen molar-refractivity contribution in [3.05, 3.63) is 75.8 Å². The fraction of sp³-hybridized carbons (Fsp3) is 0.259. The molecule has 0 fully saturated rings. The Morgan fingerprint density at radius 2 is 1.76 bits per heavy atom. The van der Waals surface area contributed by atoms with Crippen molar-refractivity contribution in [2.45, 2.75) is 26.3 Å². The van der Waals surface area contributed by atoms with Crippen molar-refractivity contribution in [3.63, 3.8) is 0 Å². The van der Waals surface area contributed by atoms with Gasteiger partial charge in [-0.3, -0.25) is 19.7 Å². The van der Waals surface area contributed by atoms with Crippen LogP contribution < -0.4 is 20.7 Å². The molecule has 0 aliphatic carbocycles. The number of methoxy groups -OCH3 is 1. The molecule has 10 nitrogen and oxygen atoms in total. The van der Waals surface area contributed by atoms with E-state index in [1.807, 2.05) is 13.8 Å². The molecule has 0 aromatic heterocycles. The number of nitrogens with one attached hydrogen (secondary N) is 3. The molecule has 10 heteroatoms. The van der Waals surface area contributed by atoms with Crippen molar-refractivity contribution in [2.75, 3.05) is 24.4 Å².